The van der Waals surface area contributed by atoms with Crippen LogP contribution in [-0.2, 0) is 20.8 Å². The summed E-state index contributed by atoms with van der Waals surface area (Å²) in [6.07, 6.45) is 6.97. The minimum absolute atomic E-state index is 0.192. The highest BCUT2D eigenvalue weighted by Gasteiger charge is 2.45. The van der Waals surface area contributed by atoms with Gasteiger partial charge in [0.1, 0.15) is 6.04 Å². The molecule has 1 aliphatic heterocycles. The van der Waals surface area contributed by atoms with Gasteiger partial charge >= 0.3 is 11.9 Å². The number of nitrogens with zero attached hydrogens (tertiary/aromatic N) is 1. The Balaban J connectivity index is 1.84. The summed E-state index contributed by atoms with van der Waals surface area (Å²) in [5, 5.41) is 0. The van der Waals surface area contributed by atoms with E-state index in [0.717, 1.165) is 24.8 Å². The highest BCUT2D eigenvalue weighted by Crippen LogP contribution is 2.41. The average molecular weight is 321 g/mol. The van der Waals surface area contributed by atoms with Crippen LogP contribution >= 0.6 is 0 Å². The molecular weight excluding hydrogens is 298 g/mol. The van der Waals surface area contributed by atoms with Crippen molar-refractivity contribution in [3.05, 3.63) is 23.7 Å². The van der Waals surface area contributed by atoms with Crippen LogP contribution in [0.2, 0.25) is 0 Å². The molecule has 2 fully saturated rings. The van der Waals surface area contributed by atoms with Crippen molar-refractivity contribution in [1.29, 1.82) is 0 Å². The van der Waals surface area contributed by atoms with E-state index in [9.17, 15) is 9.59 Å². The van der Waals surface area contributed by atoms with Crippen LogP contribution in [0.15, 0.2) is 16.7 Å². The molecule has 0 aromatic carbocycles. The van der Waals surface area contributed by atoms with Gasteiger partial charge in [-0.3, -0.25) is 9.69 Å². The van der Waals surface area contributed by atoms with Gasteiger partial charge in [0.2, 0.25) is 5.76 Å². The van der Waals surface area contributed by atoms with Crippen molar-refractivity contribution in [1.82, 2.24) is 4.90 Å². The highest BCUT2D eigenvalue weighted by atomic mass is 16.5. The summed E-state index contributed by atoms with van der Waals surface area (Å²) in [7, 11) is 2.76. The van der Waals surface area contributed by atoms with E-state index in [1.807, 2.05) is 0 Å². The summed E-state index contributed by atoms with van der Waals surface area (Å²) in [5.74, 6) is 0.0678. The average Bonchev–Trinajstić information content (AvgIpc) is 3.19. The predicted octanol–water partition coefficient (Wildman–Crippen LogP) is 2.37. The highest BCUT2D eigenvalue weighted by molar-refractivity contribution is 5.87. The molecule has 0 bridgehead atoms. The van der Waals surface area contributed by atoms with E-state index in [4.69, 9.17) is 13.9 Å². The van der Waals surface area contributed by atoms with E-state index in [1.165, 1.54) is 33.3 Å². The first-order valence-corrected chi connectivity index (χ1v) is 8.14. The summed E-state index contributed by atoms with van der Waals surface area (Å²) in [6, 6.07) is 1.90. The molecule has 1 aromatic heterocycles. The molecule has 0 radical (unpaired) electrons. The number of esters is 2. The van der Waals surface area contributed by atoms with Crippen LogP contribution in [0.5, 0.6) is 0 Å². The Kier molecular flexibility index (Phi) is 4.71. The molecule has 0 N–H and O–H groups in total. The summed E-state index contributed by atoms with van der Waals surface area (Å²) in [6.45, 7) is 0.502. The Morgan fingerprint density at radius 3 is 2.78 bits per heavy atom. The number of fused-ring (bicyclic) bond motifs is 1. The standard InChI is InChI=1S/C17H23NO5/c1-21-16(19)14-9-11-5-3-4-6-13(11)18(14)10-12-7-8-23-15(12)17(20)22-2/h7-8,11,13-14H,3-6,9-10H2,1-2H3. The molecule has 3 atom stereocenters. The zero-order valence-electron chi connectivity index (χ0n) is 13.6. The van der Waals surface area contributed by atoms with Crippen molar-refractivity contribution >= 4 is 11.9 Å². The first-order valence-electron chi connectivity index (χ1n) is 8.14. The molecule has 6 heteroatoms. The maximum atomic E-state index is 12.2. The van der Waals surface area contributed by atoms with Gasteiger partial charge in [-0.2, -0.15) is 0 Å². The molecule has 0 spiro atoms. The molecular formula is C17H23NO5. The molecule has 2 aliphatic rings. The quantitative estimate of drug-likeness (QED) is 0.793. The van der Waals surface area contributed by atoms with Crippen LogP contribution in [0.1, 0.15) is 48.2 Å². The van der Waals surface area contributed by atoms with E-state index in [0.29, 0.717) is 18.5 Å². The number of hydrogen-bond acceptors (Lipinski definition) is 6. The number of carbonyl (C=O) groups is 2. The van der Waals surface area contributed by atoms with Crippen LogP contribution in [0.25, 0.3) is 0 Å². The Hall–Kier alpha value is -1.82. The summed E-state index contributed by atoms with van der Waals surface area (Å²) >= 11 is 0. The lowest BCUT2D eigenvalue weighted by Gasteiger charge is -2.33. The van der Waals surface area contributed by atoms with Crippen molar-refractivity contribution < 1.29 is 23.5 Å². The van der Waals surface area contributed by atoms with Gasteiger partial charge in [0.05, 0.1) is 20.5 Å². The third-order valence-corrected chi connectivity index (χ3v) is 5.17. The molecule has 3 unspecified atom stereocenters. The van der Waals surface area contributed by atoms with Gasteiger partial charge in [-0.05, 0) is 31.2 Å². The Labute approximate surface area is 135 Å². The summed E-state index contributed by atoms with van der Waals surface area (Å²) in [4.78, 5) is 26.2. The minimum Gasteiger partial charge on any atom is -0.468 e. The second kappa shape index (κ2) is 6.74. The van der Waals surface area contributed by atoms with Crippen molar-refractivity contribution in [3.63, 3.8) is 0 Å². The van der Waals surface area contributed by atoms with E-state index < -0.39 is 5.97 Å². The molecule has 23 heavy (non-hydrogen) atoms. The molecule has 1 saturated heterocycles. The first kappa shape index (κ1) is 16.1. The molecule has 2 heterocycles. The van der Waals surface area contributed by atoms with Gasteiger partial charge in [0.25, 0.3) is 0 Å². The minimum atomic E-state index is -0.487. The number of likely N-dealkylation sites (tertiary alicyclic amines) is 1. The van der Waals surface area contributed by atoms with Crippen molar-refractivity contribution in [3.8, 4) is 0 Å². The Morgan fingerprint density at radius 1 is 1.26 bits per heavy atom. The monoisotopic (exact) mass is 321 g/mol. The third-order valence-electron chi connectivity index (χ3n) is 5.17. The van der Waals surface area contributed by atoms with Crippen molar-refractivity contribution in [2.45, 2.75) is 50.7 Å². The maximum absolute atomic E-state index is 12.2. The van der Waals surface area contributed by atoms with Crippen LogP contribution in [0.4, 0.5) is 0 Å². The van der Waals surface area contributed by atoms with E-state index in [-0.39, 0.29) is 17.8 Å². The lowest BCUT2D eigenvalue weighted by Crippen LogP contribution is -2.42. The van der Waals surface area contributed by atoms with E-state index in [1.54, 1.807) is 6.07 Å². The topological polar surface area (TPSA) is 69.0 Å². The lowest BCUT2D eigenvalue weighted by molar-refractivity contribution is -0.146. The van der Waals surface area contributed by atoms with Gasteiger partial charge in [0.15, 0.2) is 0 Å². The van der Waals surface area contributed by atoms with E-state index in [2.05, 4.69) is 4.90 Å². The molecule has 126 valence electrons. The zero-order valence-corrected chi connectivity index (χ0v) is 13.6. The molecule has 3 rings (SSSR count). The Morgan fingerprint density at radius 2 is 2.04 bits per heavy atom. The third kappa shape index (κ3) is 3.00. The van der Waals surface area contributed by atoms with E-state index >= 15 is 0 Å². The molecule has 1 saturated carbocycles. The van der Waals surface area contributed by atoms with Crippen molar-refractivity contribution in [2.75, 3.05) is 14.2 Å². The molecule has 1 aliphatic carbocycles. The molecule has 6 nitrogen and oxygen atoms in total. The lowest BCUT2D eigenvalue weighted by atomic mass is 9.84. The fourth-order valence-corrected chi connectivity index (χ4v) is 4.08. The van der Waals surface area contributed by atoms with Crippen LogP contribution in [0.3, 0.4) is 0 Å². The molecule has 1 aromatic rings. The van der Waals surface area contributed by atoms with Gasteiger partial charge in [-0.1, -0.05) is 12.8 Å². The second-order valence-corrected chi connectivity index (χ2v) is 6.33. The number of rotatable bonds is 4. The number of hydrogen-bond donors (Lipinski definition) is 0. The van der Waals surface area contributed by atoms with Gasteiger partial charge < -0.3 is 13.9 Å². The first-order chi connectivity index (χ1) is 11.2. The second-order valence-electron chi connectivity index (χ2n) is 6.33. The van der Waals surface area contributed by atoms with Crippen LogP contribution in [-0.4, -0.2) is 43.1 Å². The van der Waals surface area contributed by atoms with Crippen LogP contribution in [0, 0.1) is 5.92 Å². The van der Waals surface area contributed by atoms with Crippen LogP contribution < -0.4 is 0 Å². The fraction of sp³-hybridized carbons (Fsp3) is 0.647. The number of ether oxygens (including phenoxy) is 2. The summed E-state index contributed by atoms with van der Waals surface area (Å²) < 4.78 is 15.0. The van der Waals surface area contributed by atoms with Gasteiger partial charge in [0, 0.05) is 18.2 Å². The van der Waals surface area contributed by atoms with Gasteiger partial charge in [-0.25, -0.2) is 4.79 Å². The predicted molar refractivity (Wildman–Crippen MR) is 81.8 cm³/mol. The van der Waals surface area contributed by atoms with Gasteiger partial charge in [-0.15, -0.1) is 0 Å². The number of methoxy groups -OCH3 is 2. The fourth-order valence-electron chi connectivity index (χ4n) is 4.08. The SMILES string of the molecule is COC(=O)c1occc1CN1C(C(=O)OC)CC2CCCCC21. The number of furan rings is 1. The zero-order chi connectivity index (χ0) is 16.4. The Bertz CT molecular complexity index is 581. The largest absolute Gasteiger partial charge is 0.468 e. The summed E-state index contributed by atoms with van der Waals surface area (Å²) in [5.41, 5.74) is 0.761. The maximum Gasteiger partial charge on any atom is 0.374 e. The normalized spacial score (nSPS) is 27.5. The molecule has 0 amide bonds. The van der Waals surface area contributed by atoms with Crippen molar-refractivity contribution in [2.24, 2.45) is 5.92 Å². The smallest absolute Gasteiger partial charge is 0.374 e. The number of carbonyl (C=O) groups excluding carboxylic acids is 2.